The Balaban J connectivity index is 2.30. The standard InChI is InChI=1S/C10H15N3O8/c14-2-4-1-13(10(18)11-8(4)17)9-7(16)6(15)5(21-9)3-20-12-19/h1,5-7,9,12,14-16,19H,2-3H2,(H,11,17,18). The third-order valence-electron chi connectivity index (χ3n) is 3.14. The predicted octanol–water partition coefficient (Wildman–Crippen LogP) is -3.44. The number of ether oxygens (including phenoxy) is 1. The van der Waals surface area contributed by atoms with E-state index in [1.165, 1.54) is 5.64 Å². The second-order valence-corrected chi connectivity index (χ2v) is 4.43. The molecule has 4 unspecified atom stereocenters. The minimum absolute atomic E-state index is 0.100. The number of nitrogens with zero attached hydrogens (tertiary/aromatic N) is 1. The van der Waals surface area contributed by atoms with Crippen molar-refractivity contribution in [1.29, 1.82) is 0 Å². The topological polar surface area (TPSA) is 166 Å². The molecular formula is C10H15N3O8. The van der Waals surface area contributed by atoms with Crippen molar-refractivity contribution in [2.24, 2.45) is 0 Å². The molecule has 21 heavy (non-hydrogen) atoms. The molecule has 11 nitrogen and oxygen atoms in total. The summed E-state index contributed by atoms with van der Waals surface area (Å²) in [5, 5.41) is 37.0. The van der Waals surface area contributed by atoms with E-state index in [9.17, 15) is 19.8 Å². The molecule has 11 heteroatoms. The van der Waals surface area contributed by atoms with Crippen LogP contribution in [0.1, 0.15) is 11.8 Å². The van der Waals surface area contributed by atoms with E-state index < -0.39 is 42.4 Å². The van der Waals surface area contributed by atoms with Crippen LogP contribution >= 0.6 is 0 Å². The fourth-order valence-electron chi connectivity index (χ4n) is 2.04. The molecule has 4 atom stereocenters. The van der Waals surface area contributed by atoms with Crippen LogP contribution in [0.5, 0.6) is 0 Å². The van der Waals surface area contributed by atoms with Gasteiger partial charge in [-0.3, -0.25) is 24.4 Å². The maximum Gasteiger partial charge on any atom is 0.330 e. The van der Waals surface area contributed by atoms with Crippen LogP contribution in [0.4, 0.5) is 0 Å². The predicted molar refractivity (Wildman–Crippen MR) is 64.0 cm³/mol. The van der Waals surface area contributed by atoms with Crippen molar-refractivity contribution in [1.82, 2.24) is 15.2 Å². The SMILES string of the molecule is O=c1[nH]c(=O)n(C2OC(CONO)C(O)C2O)cc1CO. The minimum atomic E-state index is -1.47. The van der Waals surface area contributed by atoms with Crippen molar-refractivity contribution >= 4 is 0 Å². The van der Waals surface area contributed by atoms with Gasteiger partial charge in [-0.05, 0) is 0 Å². The lowest BCUT2D eigenvalue weighted by atomic mass is 10.1. The Kier molecular flexibility index (Phi) is 4.84. The van der Waals surface area contributed by atoms with E-state index in [0.717, 1.165) is 10.8 Å². The van der Waals surface area contributed by atoms with Gasteiger partial charge in [0.05, 0.1) is 18.8 Å². The summed E-state index contributed by atoms with van der Waals surface area (Å²) in [7, 11) is 0. The zero-order valence-corrected chi connectivity index (χ0v) is 10.7. The Hall–Kier alpha value is -1.60. The number of aliphatic hydroxyl groups is 3. The number of hydrogen-bond donors (Lipinski definition) is 6. The van der Waals surface area contributed by atoms with Gasteiger partial charge in [0, 0.05) is 6.20 Å². The monoisotopic (exact) mass is 305 g/mol. The second-order valence-electron chi connectivity index (χ2n) is 4.43. The first-order chi connectivity index (χ1) is 9.99. The minimum Gasteiger partial charge on any atom is -0.391 e. The molecule has 0 amide bonds. The summed E-state index contributed by atoms with van der Waals surface area (Å²) in [6.45, 7) is -0.905. The number of rotatable bonds is 5. The summed E-state index contributed by atoms with van der Waals surface area (Å²) in [6, 6.07) is 0. The van der Waals surface area contributed by atoms with E-state index >= 15 is 0 Å². The quantitative estimate of drug-likeness (QED) is 0.303. The molecule has 0 bridgehead atoms. The van der Waals surface area contributed by atoms with Crippen molar-refractivity contribution in [2.45, 2.75) is 31.1 Å². The fourth-order valence-corrected chi connectivity index (χ4v) is 2.04. The molecule has 0 aliphatic carbocycles. The summed E-state index contributed by atoms with van der Waals surface area (Å²) in [4.78, 5) is 29.5. The summed E-state index contributed by atoms with van der Waals surface area (Å²) in [6.07, 6.45) is -4.09. The van der Waals surface area contributed by atoms with Crippen LogP contribution in [0.25, 0.3) is 0 Å². The molecule has 6 N–H and O–H groups in total. The van der Waals surface area contributed by atoms with Gasteiger partial charge in [0.1, 0.15) is 18.3 Å². The zero-order valence-electron chi connectivity index (χ0n) is 10.7. The van der Waals surface area contributed by atoms with Crippen LogP contribution in [-0.2, 0) is 16.2 Å². The van der Waals surface area contributed by atoms with E-state index in [2.05, 4.69) is 4.84 Å². The van der Waals surface area contributed by atoms with Gasteiger partial charge >= 0.3 is 5.69 Å². The summed E-state index contributed by atoms with van der Waals surface area (Å²) < 4.78 is 6.13. The van der Waals surface area contributed by atoms with E-state index in [4.69, 9.17) is 15.1 Å². The van der Waals surface area contributed by atoms with Gasteiger partial charge in [0.25, 0.3) is 5.56 Å². The van der Waals surface area contributed by atoms with E-state index in [-0.39, 0.29) is 12.2 Å². The molecule has 1 aliphatic heterocycles. The van der Waals surface area contributed by atoms with Crippen LogP contribution in [0.15, 0.2) is 15.8 Å². The van der Waals surface area contributed by atoms with Gasteiger partial charge in [0.15, 0.2) is 6.23 Å². The Morgan fingerprint density at radius 3 is 2.71 bits per heavy atom. The van der Waals surface area contributed by atoms with Crippen molar-refractivity contribution in [3.8, 4) is 0 Å². The first-order valence-corrected chi connectivity index (χ1v) is 5.97. The number of hydrogen-bond acceptors (Lipinski definition) is 9. The Labute approximate surface area is 116 Å². The lowest BCUT2D eigenvalue weighted by Gasteiger charge is -2.17. The number of aromatic amines is 1. The Morgan fingerprint density at radius 1 is 1.38 bits per heavy atom. The van der Waals surface area contributed by atoms with Gasteiger partial charge in [-0.1, -0.05) is 5.64 Å². The molecule has 1 saturated heterocycles. The fraction of sp³-hybridized carbons (Fsp3) is 0.600. The molecule has 0 aromatic carbocycles. The zero-order chi connectivity index (χ0) is 15.6. The molecule has 0 radical (unpaired) electrons. The summed E-state index contributed by atoms with van der Waals surface area (Å²) in [5.74, 6) is 0. The van der Waals surface area contributed by atoms with Crippen LogP contribution in [0.3, 0.4) is 0 Å². The maximum atomic E-state index is 11.7. The van der Waals surface area contributed by atoms with Crippen LogP contribution in [-0.4, -0.2) is 55.0 Å². The van der Waals surface area contributed by atoms with Crippen molar-refractivity contribution in [3.63, 3.8) is 0 Å². The van der Waals surface area contributed by atoms with Gasteiger partial charge in [0.2, 0.25) is 0 Å². The van der Waals surface area contributed by atoms with Crippen molar-refractivity contribution in [3.05, 3.63) is 32.6 Å². The van der Waals surface area contributed by atoms with Gasteiger partial charge < -0.3 is 20.1 Å². The lowest BCUT2D eigenvalue weighted by Crippen LogP contribution is -2.39. The van der Waals surface area contributed by atoms with Crippen molar-refractivity contribution in [2.75, 3.05) is 6.61 Å². The molecule has 1 fully saturated rings. The molecule has 2 rings (SSSR count). The average molecular weight is 305 g/mol. The molecule has 0 saturated carbocycles. The number of nitrogens with one attached hydrogen (secondary N) is 2. The average Bonchev–Trinajstić information content (AvgIpc) is 2.73. The molecule has 118 valence electrons. The Morgan fingerprint density at radius 2 is 2.10 bits per heavy atom. The molecule has 2 heterocycles. The molecule has 1 aromatic heterocycles. The highest BCUT2D eigenvalue weighted by Crippen LogP contribution is 2.28. The lowest BCUT2D eigenvalue weighted by molar-refractivity contribution is -0.164. The number of aromatic nitrogens is 2. The van der Waals surface area contributed by atoms with Crippen LogP contribution in [0.2, 0.25) is 0 Å². The van der Waals surface area contributed by atoms with Gasteiger partial charge in [-0.2, -0.15) is 0 Å². The van der Waals surface area contributed by atoms with E-state index in [1.54, 1.807) is 0 Å². The highest BCUT2D eigenvalue weighted by atomic mass is 16.8. The first-order valence-electron chi connectivity index (χ1n) is 5.97. The van der Waals surface area contributed by atoms with Gasteiger partial charge in [-0.25, -0.2) is 4.79 Å². The highest BCUT2D eigenvalue weighted by Gasteiger charge is 2.44. The Bertz CT molecular complexity index is 599. The summed E-state index contributed by atoms with van der Waals surface area (Å²) >= 11 is 0. The molecule has 1 aromatic rings. The second kappa shape index (κ2) is 6.44. The van der Waals surface area contributed by atoms with Gasteiger partial charge in [-0.15, -0.1) is 0 Å². The molecule has 1 aliphatic rings. The third kappa shape index (κ3) is 3.03. The largest absolute Gasteiger partial charge is 0.391 e. The summed E-state index contributed by atoms with van der Waals surface area (Å²) in [5.41, 5.74) is -0.320. The first kappa shape index (κ1) is 15.8. The third-order valence-corrected chi connectivity index (χ3v) is 3.14. The smallest absolute Gasteiger partial charge is 0.330 e. The van der Waals surface area contributed by atoms with E-state index in [1.807, 2.05) is 4.98 Å². The maximum absolute atomic E-state index is 11.7. The number of H-pyrrole nitrogens is 1. The highest BCUT2D eigenvalue weighted by molar-refractivity contribution is 5.04. The van der Waals surface area contributed by atoms with Crippen LogP contribution < -0.4 is 16.9 Å². The van der Waals surface area contributed by atoms with Crippen LogP contribution in [0, 0.1) is 0 Å². The molecule has 0 spiro atoms. The van der Waals surface area contributed by atoms with E-state index in [0.29, 0.717) is 0 Å². The van der Waals surface area contributed by atoms with Crippen molar-refractivity contribution < 1.29 is 30.1 Å². The number of aliphatic hydroxyl groups excluding tert-OH is 3. The normalized spacial score (nSPS) is 29.0. The molecular weight excluding hydrogens is 290 g/mol.